The number of anilines is 1. The maximum atomic E-state index is 13.4. The summed E-state index contributed by atoms with van der Waals surface area (Å²) in [5, 5.41) is 11.5. The van der Waals surface area contributed by atoms with E-state index in [1.807, 2.05) is 55.5 Å². The number of ether oxygens (including phenoxy) is 2. The van der Waals surface area contributed by atoms with Gasteiger partial charge in [-0.1, -0.05) is 55.8 Å². The molecule has 6 heteroatoms. The molecule has 1 unspecified atom stereocenters. The molecule has 1 amide bonds. The van der Waals surface area contributed by atoms with Crippen molar-refractivity contribution in [2.24, 2.45) is 0 Å². The maximum absolute atomic E-state index is 13.4. The van der Waals surface area contributed by atoms with Crippen LogP contribution in [0.25, 0.3) is 5.76 Å². The van der Waals surface area contributed by atoms with E-state index in [9.17, 15) is 14.7 Å². The van der Waals surface area contributed by atoms with E-state index in [2.05, 4.69) is 13.8 Å². The van der Waals surface area contributed by atoms with Gasteiger partial charge in [0.05, 0.1) is 31.4 Å². The highest BCUT2D eigenvalue weighted by Gasteiger charge is 2.47. The lowest BCUT2D eigenvalue weighted by Crippen LogP contribution is -2.29. The van der Waals surface area contributed by atoms with Gasteiger partial charge in [-0.3, -0.25) is 14.5 Å². The zero-order chi connectivity index (χ0) is 25.3. The fraction of sp³-hybridized carbons (Fsp3) is 0.241. The number of Topliss-reactive ketones (excluding diaryl/α,β-unsaturated/α-hetero) is 1. The lowest BCUT2D eigenvalue weighted by Gasteiger charge is -2.26. The molecule has 1 fully saturated rings. The van der Waals surface area contributed by atoms with Crippen LogP contribution in [0, 0.1) is 6.92 Å². The second kappa shape index (κ2) is 9.66. The molecule has 1 aliphatic rings. The molecule has 1 saturated heterocycles. The van der Waals surface area contributed by atoms with Crippen LogP contribution < -0.4 is 14.4 Å². The van der Waals surface area contributed by atoms with Crippen LogP contribution in [0.4, 0.5) is 5.69 Å². The van der Waals surface area contributed by atoms with Crippen molar-refractivity contribution in [3.05, 3.63) is 94.6 Å². The number of carbonyl (C=O) groups excluding carboxylic acids is 2. The van der Waals surface area contributed by atoms with Crippen molar-refractivity contribution in [3.63, 3.8) is 0 Å². The van der Waals surface area contributed by atoms with E-state index in [0.29, 0.717) is 23.1 Å². The topological polar surface area (TPSA) is 76.1 Å². The van der Waals surface area contributed by atoms with E-state index >= 15 is 0 Å². The molecule has 1 N–H and O–H groups in total. The zero-order valence-corrected chi connectivity index (χ0v) is 20.5. The summed E-state index contributed by atoms with van der Waals surface area (Å²) < 4.78 is 10.7. The molecule has 3 aromatic rings. The SMILES string of the molecule is COc1ccc(OC)c(/C(O)=C2\C(=O)C(=O)N(c3ccc(C(C)C)cc3)C2c2cccc(C)c2)c1. The Kier molecular flexibility index (Phi) is 6.65. The summed E-state index contributed by atoms with van der Waals surface area (Å²) in [6.45, 7) is 6.13. The Hall–Kier alpha value is -4.06. The maximum Gasteiger partial charge on any atom is 0.300 e. The van der Waals surface area contributed by atoms with Crippen molar-refractivity contribution >= 4 is 23.1 Å². The normalized spacial score (nSPS) is 17.2. The molecule has 1 aliphatic heterocycles. The highest BCUT2D eigenvalue weighted by molar-refractivity contribution is 6.51. The number of nitrogens with zero attached hydrogens (tertiary/aromatic N) is 1. The standard InChI is InChI=1S/C29H29NO5/c1-17(2)19-9-11-21(12-10-19)30-26(20-8-6-7-18(3)15-20)25(28(32)29(30)33)27(31)23-16-22(34-4)13-14-24(23)35-5/h6-17,26,31H,1-5H3/b27-25+. The number of aliphatic hydroxyl groups excluding tert-OH is 1. The highest BCUT2D eigenvalue weighted by atomic mass is 16.5. The van der Waals surface area contributed by atoms with Gasteiger partial charge in [-0.05, 0) is 54.3 Å². The summed E-state index contributed by atoms with van der Waals surface area (Å²) in [6.07, 6.45) is 0. The molecular formula is C29H29NO5. The van der Waals surface area contributed by atoms with Crippen LogP contribution >= 0.6 is 0 Å². The van der Waals surface area contributed by atoms with Crippen LogP contribution in [-0.2, 0) is 9.59 Å². The molecule has 0 radical (unpaired) electrons. The third-order valence-electron chi connectivity index (χ3n) is 6.30. The Balaban J connectivity index is 1.96. The molecule has 180 valence electrons. The van der Waals surface area contributed by atoms with Crippen LogP contribution in [0.15, 0.2) is 72.3 Å². The third-order valence-corrected chi connectivity index (χ3v) is 6.30. The van der Waals surface area contributed by atoms with Crippen molar-refractivity contribution in [1.29, 1.82) is 0 Å². The van der Waals surface area contributed by atoms with E-state index in [4.69, 9.17) is 9.47 Å². The molecule has 1 atom stereocenters. The van der Waals surface area contributed by atoms with Crippen LogP contribution in [0.2, 0.25) is 0 Å². The minimum atomic E-state index is -0.810. The summed E-state index contributed by atoms with van der Waals surface area (Å²) in [4.78, 5) is 28.3. The second-order valence-corrected chi connectivity index (χ2v) is 8.90. The largest absolute Gasteiger partial charge is 0.507 e. The first-order valence-electron chi connectivity index (χ1n) is 11.5. The summed E-state index contributed by atoms with van der Waals surface area (Å²) in [5.74, 6) is -0.597. The number of rotatable bonds is 6. The number of methoxy groups -OCH3 is 2. The molecule has 0 saturated carbocycles. The number of aliphatic hydroxyl groups is 1. The molecule has 35 heavy (non-hydrogen) atoms. The number of carbonyl (C=O) groups is 2. The van der Waals surface area contributed by atoms with Gasteiger partial charge in [0.15, 0.2) is 0 Å². The van der Waals surface area contributed by atoms with Gasteiger partial charge in [0.25, 0.3) is 11.7 Å². The molecule has 0 bridgehead atoms. The first kappa shape index (κ1) is 24.1. The van der Waals surface area contributed by atoms with Gasteiger partial charge in [0, 0.05) is 5.69 Å². The number of ketones is 1. The Bertz CT molecular complexity index is 1310. The molecular weight excluding hydrogens is 442 g/mol. The van der Waals surface area contributed by atoms with Gasteiger partial charge in [0.2, 0.25) is 0 Å². The number of hydrogen-bond acceptors (Lipinski definition) is 5. The predicted molar refractivity (Wildman–Crippen MR) is 136 cm³/mol. The summed E-state index contributed by atoms with van der Waals surface area (Å²) in [5.41, 5.74) is 3.68. The summed E-state index contributed by atoms with van der Waals surface area (Å²) in [6, 6.07) is 19.3. The van der Waals surface area contributed by atoms with Crippen LogP contribution in [0.5, 0.6) is 11.5 Å². The molecule has 6 nitrogen and oxygen atoms in total. The van der Waals surface area contributed by atoms with Gasteiger partial charge >= 0.3 is 0 Å². The lowest BCUT2D eigenvalue weighted by molar-refractivity contribution is -0.132. The van der Waals surface area contributed by atoms with Crippen molar-refractivity contribution in [2.45, 2.75) is 32.7 Å². The Morgan fingerprint density at radius 3 is 2.26 bits per heavy atom. The Morgan fingerprint density at radius 1 is 0.943 bits per heavy atom. The van der Waals surface area contributed by atoms with Crippen molar-refractivity contribution in [3.8, 4) is 11.5 Å². The first-order valence-corrected chi connectivity index (χ1v) is 11.5. The van der Waals surface area contributed by atoms with E-state index in [1.165, 1.54) is 19.1 Å². The molecule has 0 aromatic heterocycles. The molecule has 0 aliphatic carbocycles. The van der Waals surface area contributed by atoms with Crippen molar-refractivity contribution in [1.82, 2.24) is 0 Å². The van der Waals surface area contributed by atoms with E-state index < -0.39 is 17.7 Å². The molecule has 4 rings (SSSR count). The van der Waals surface area contributed by atoms with Crippen LogP contribution in [-0.4, -0.2) is 31.0 Å². The first-order chi connectivity index (χ1) is 16.8. The Labute approximate surface area is 205 Å². The number of hydrogen-bond donors (Lipinski definition) is 1. The average Bonchev–Trinajstić information content (AvgIpc) is 3.13. The van der Waals surface area contributed by atoms with Crippen LogP contribution in [0.3, 0.4) is 0 Å². The summed E-state index contributed by atoms with van der Waals surface area (Å²) >= 11 is 0. The minimum Gasteiger partial charge on any atom is -0.507 e. The quantitative estimate of drug-likeness (QED) is 0.281. The molecule has 1 heterocycles. The van der Waals surface area contributed by atoms with E-state index in [1.54, 1.807) is 18.2 Å². The number of aryl methyl sites for hydroxylation is 1. The van der Waals surface area contributed by atoms with Crippen LogP contribution in [0.1, 0.15) is 48.1 Å². The van der Waals surface area contributed by atoms with E-state index in [-0.39, 0.29) is 16.9 Å². The predicted octanol–water partition coefficient (Wildman–Crippen LogP) is 5.76. The smallest absolute Gasteiger partial charge is 0.300 e. The zero-order valence-electron chi connectivity index (χ0n) is 20.5. The fourth-order valence-corrected chi connectivity index (χ4v) is 4.42. The third kappa shape index (κ3) is 4.39. The fourth-order valence-electron chi connectivity index (χ4n) is 4.42. The summed E-state index contributed by atoms with van der Waals surface area (Å²) in [7, 11) is 2.99. The van der Waals surface area contributed by atoms with Gasteiger partial charge < -0.3 is 14.6 Å². The van der Waals surface area contributed by atoms with Gasteiger partial charge in [-0.25, -0.2) is 0 Å². The number of benzene rings is 3. The molecule has 0 spiro atoms. The highest BCUT2D eigenvalue weighted by Crippen LogP contribution is 2.44. The van der Waals surface area contributed by atoms with Gasteiger partial charge in [-0.2, -0.15) is 0 Å². The minimum absolute atomic E-state index is 0.0000826. The monoisotopic (exact) mass is 471 g/mol. The lowest BCUT2D eigenvalue weighted by atomic mass is 9.93. The van der Waals surface area contributed by atoms with E-state index in [0.717, 1.165) is 16.7 Å². The second-order valence-electron chi connectivity index (χ2n) is 8.90. The molecule has 3 aromatic carbocycles. The average molecular weight is 472 g/mol. The van der Waals surface area contributed by atoms with Crippen molar-refractivity contribution in [2.75, 3.05) is 19.1 Å². The number of amides is 1. The van der Waals surface area contributed by atoms with Crippen molar-refractivity contribution < 1.29 is 24.2 Å². The van der Waals surface area contributed by atoms with Gasteiger partial charge in [0.1, 0.15) is 17.3 Å². The Morgan fingerprint density at radius 2 is 1.66 bits per heavy atom. The van der Waals surface area contributed by atoms with Gasteiger partial charge in [-0.15, -0.1) is 0 Å².